The number of rotatable bonds is 4. The van der Waals surface area contributed by atoms with E-state index in [-0.39, 0.29) is 17.4 Å². The number of ether oxygens (including phenoxy) is 2. The number of imide groups is 1. The molecule has 0 spiro atoms. The van der Waals surface area contributed by atoms with Crippen LogP contribution in [0.25, 0.3) is 6.08 Å². The summed E-state index contributed by atoms with van der Waals surface area (Å²) in [6.07, 6.45) is 1.65. The number of amides is 3. The largest absolute Gasteiger partial charge is 0.495 e. The highest BCUT2D eigenvalue weighted by atomic mass is 127. The van der Waals surface area contributed by atoms with Gasteiger partial charge in [0.25, 0.3) is 11.1 Å². The van der Waals surface area contributed by atoms with Crippen LogP contribution >= 0.6 is 56.9 Å². The first-order chi connectivity index (χ1) is 12.9. The van der Waals surface area contributed by atoms with Crippen molar-refractivity contribution in [2.75, 3.05) is 40.0 Å². The van der Waals surface area contributed by atoms with Crippen molar-refractivity contribution in [3.63, 3.8) is 0 Å². The Kier molecular flexibility index (Phi) is 7.03. The molecule has 3 rings (SSSR count). The molecule has 2 fully saturated rings. The molecule has 7 nitrogen and oxygen atoms in total. The fourth-order valence-corrected chi connectivity index (χ4v) is 5.67. The molecular weight excluding hydrogens is 598 g/mol. The van der Waals surface area contributed by atoms with E-state index in [1.807, 2.05) is 12.1 Å². The van der Waals surface area contributed by atoms with Gasteiger partial charge in [0, 0.05) is 22.2 Å². The molecule has 2 aliphatic rings. The molecule has 0 N–H and O–H groups in total. The van der Waals surface area contributed by atoms with Crippen molar-refractivity contribution in [1.29, 1.82) is 0 Å². The van der Waals surface area contributed by atoms with Gasteiger partial charge in [0.2, 0.25) is 5.91 Å². The second-order valence-electron chi connectivity index (χ2n) is 5.77. The van der Waals surface area contributed by atoms with E-state index in [1.54, 1.807) is 18.1 Å². The first-order valence-electron chi connectivity index (χ1n) is 8.04. The summed E-state index contributed by atoms with van der Waals surface area (Å²) in [5, 5.41) is -0.438. The van der Waals surface area contributed by atoms with E-state index in [4.69, 9.17) is 9.47 Å². The second kappa shape index (κ2) is 9.09. The standard InChI is InChI=1S/C17H16I2N2O5S/c1-25-15-10(6-11(18)8-12(15)19)7-13-16(23)21(17(24)27-13)9-14(22)20-2-4-26-5-3-20/h6-8H,2-5,9H2,1H3/b13-7+. The zero-order chi connectivity index (χ0) is 19.6. The molecule has 0 radical (unpaired) electrons. The number of nitrogens with zero attached hydrogens (tertiary/aromatic N) is 2. The van der Waals surface area contributed by atoms with Crippen molar-refractivity contribution >= 4 is 80.1 Å². The molecule has 0 aromatic heterocycles. The fourth-order valence-electron chi connectivity index (χ4n) is 2.73. The molecule has 0 atom stereocenters. The Morgan fingerprint density at radius 3 is 2.67 bits per heavy atom. The molecular formula is C17H16I2N2O5S. The van der Waals surface area contributed by atoms with Crippen LogP contribution in [0.3, 0.4) is 0 Å². The lowest BCUT2D eigenvalue weighted by Crippen LogP contribution is -2.46. The molecule has 2 aliphatic heterocycles. The third-order valence-electron chi connectivity index (χ3n) is 4.06. The van der Waals surface area contributed by atoms with Crippen molar-refractivity contribution < 1.29 is 23.9 Å². The van der Waals surface area contributed by atoms with E-state index in [0.29, 0.717) is 32.1 Å². The van der Waals surface area contributed by atoms with Crippen LogP contribution in [0.1, 0.15) is 5.56 Å². The summed E-state index contributed by atoms with van der Waals surface area (Å²) in [6.45, 7) is 1.65. The molecule has 0 aliphatic carbocycles. The molecule has 0 unspecified atom stereocenters. The number of morpholine rings is 1. The van der Waals surface area contributed by atoms with Crippen molar-refractivity contribution in [3.8, 4) is 5.75 Å². The lowest BCUT2D eigenvalue weighted by molar-refractivity contribution is -0.139. The second-order valence-corrected chi connectivity index (χ2v) is 9.17. The van der Waals surface area contributed by atoms with Gasteiger partial charge < -0.3 is 14.4 Å². The molecule has 2 saturated heterocycles. The number of hydrogen-bond acceptors (Lipinski definition) is 6. The number of carbonyl (C=O) groups is 3. The average Bonchev–Trinajstić information content (AvgIpc) is 2.89. The van der Waals surface area contributed by atoms with Gasteiger partial charge in [-0.15, -0.1) is 0 Å². The SMILES string of the molecule is COc1c(I)cc(I)cc1/C=C1/SC(=O)N(CC(=O)N2CCOCC2)C1=O. The summed E-state index contributed by atoms with van der Waals surface area (Å²) in [6, 6.07) is 3.85. The van der Waals surface area contributed by atoms with Gasteiger partial charge in [-0.2, -0.15) is 0 Å². The number of thioether (sulfide) groups is 1. The molecule has 27 heavy (non-hydrogen) atoms. The first-order valence-corrected chi connectivity index (χ1v) is 11.0. The van der Waals surface area contributed by atoms with Crippen LogP contribution in [-0.2, 0) is 14.3 Å². The Morgan fingerprint density at radius 2 is 2.00 bits per heavy atom. The zero-order valence-electron chi connectivity index (χ0n) is 14.4. The van der Waals surface area contributed by atoms with E-state index >= 15 is 0 Å². The van der Waals surface area contributed by atoms with E-state index in [2.05, 4.69) is 45.2 Å². The Labute approximate surface area is 188 Å². The van der Waals surface area contributed by atoms with Crippen LogP contribution in [0.2, 0.25) is 0 Å². The molecule has 144 valence electrons. The van der Waals surface area contributed by atoms with Gasteiger partial charge in [0.15, 0.2) is 0 Å². The quantitative estimate of drug-likeness (QED) is 0.384. The number of methoxy groups -OCH3 is 1. The summed E-state index contributed by atoms with van der Waals surface area (Å²) >= 11 is 5.19. The van der Waals surface area contributed by atoms with Gasteiger partial charge in [-0.3, -0.25) is 19.3 Å². The Balaban J connectivity index is 1.80. The molecule has 1 aromatic carbocycles. The molecule has 2 heterocycles. The van der Waals surface area contributed by atoms with Crippen LogP contribution in [-0.4, -0.2) is 66.8 Å². The highest BCUT2D eigenvalue weighted by Gasteiger charge is 2.37. The maximum Gasteiger partial charge on any atom is 0.294 e. The van der Waals surface area contributed by atoms with Gasteiger partial charge in [0.05, 0.1) is 28.8 Å². The van der Waals surface area contributed by atoms with Gasteiger partial charge in [-0.05, 0) is 75.2 Å². The maximum atomic E-state index is 12.7. The smallest absolute Gasteiger partial charge is 0.294 e. The topological polar surface area (TPSA) is 76.2 Å². The molecule has 1 aromatic rings. The van der Waals surface area contributed by atoms with Crippen LogP contribution in [0.15, 0.2) is 17.0 Å². The van der Waals surface area contributed by atoms with Gasteiger partial charge in [-0.1, -0.05) is 0 Å². The van der Waals surface area contributed by atoms with E-state index in [0.717, 1.165) is 29.4 Å². The first kappa shape index (κ1) is 20.9. The zero-order valence-corrected chi connectivity index (χ0v) is 19.5. The van der Waals surface area contributed by atoms with Crippen molar-refractivity contribution in [2.45, 2.75) is 0 Å². The van der Waals surface area contributed by atoms with Crippen molar-refractivity contribution in [1.82, 2.24) is 9.80 Å². The Morgan fingerprint density at radius 1 is 1.30 bits per heavy atom. The summed E-state index contributed by atoms with van der Waals surface area (Å²) in [5.74, 6) is -0.0574. The highest BCUT2D eigenvalue weighted by Crippen LogP contribution is 2.36. The maximum absolute atomic E-state index is 12.7. The predicted octanol–water partition coefficient (Wildman–Crippen LogP) is 2.80. The number of carbonyl (C=O) groups excluding carboxylic acids is 3. The van der Waals surface area contributed by atoms with E-state index in [9.17, 15) is 14.4 Å². The number of halogens is 2. The van der Waals surface area contributed by atoms with Crippen molar-refractivity contribution in [3.05, 3.63) is 29.7 Å². The summed E-state index contributed by atoms with van der Waals surface area (Å²) in [5.41, 5.74) is 0.721. The lowest BCUT2D eigenvalue weighted by Gasteiger charge is -2.28. The third-order valence-corrected chi connectivity index (χ3v) is 6.39. The summed E-state index contributed by atoms with van der Waals surface area (Å²) in [7, 11) is 1.56. The van der Waals surface area contributed by atoms with Gasteiger partial charge in [-0.25, -0.2) is 0 Å². The molecule has 0 saturated carbocycles. The van der Waals surface area contributed by atoms with Crippen molar-refractivity contribution in [2.24, 2.45) is 0 Å². The van der Waals surface area contributed by atoms with Crippen LogP contribution in [0.4, 0.5) is 4.79 Å². The monoisotopic (exact) mass is 614 g/mol. The lowest BCUT2D eigenvalue weighted by atomic mass is 10.2. The minimum atomic E-state index is -0.456. The average molecular weight is 614 g/mol. The van der Waals surface area contributed by atoms with Crippen LogP contribution < -0.4 is 4.74 Å². The van der Waals surface area contributed by atoms with Crippen LogP contribution in [0, 0.1) is 7.14 Å². The predicted molar refractivity (Wildman–Crippen MR) is 119 cm³/mol. The Hall–Kier alpha value is -0.860. The normalized spacial score (nSPS) is 19.1. The van der Waals surface area contributed by atoms with E-state index in [1.165, 1.54) is 0 Å². The third kappa shape index (κ3) is 4.77. The van der Waals surface area contributed by atoms with Gasteiger partial charge >= 0.3 is 0 Å². The molecule has 0 bridgehead atoms. The van der Waals surface area contributed by atoms with E-state index < -0.39 is 11.1 Å². The minimum Gasteiger partial charge on any atom is -0.495 e. The van der Waals surface area contributed by atoms with Gasteiger partial charge in [0.1, 0.15) is 12.3 Å². The van der Waals surface area contributed by atoms with Crippen LogP contribution in [0.5, 0.6) is 5.75 Å². The summed E-state index contributed by atoms with van der Waals surface area (Å²) < 4.78 is 12.5. The molecule has 3 amide bonds. The fraction of sp³-hybridized carbons (Fsp3) is 0.353. The minimum absolute atomic E-state index is 0.247. The Bertz CT molecular complexity index is 824. The molecule has 10 heteroatoms. The summed E-state index contributed by atoms with van der Waals surface area (Å²) in [4.78, 5) is 40.2. The highest BCUT2D eigenvalue weighted by molar-refractivity contribution is 14.1. The number of benzene rings is 1. The number of hydrogen-bond donors (Lipinski definition) is 0.